The second kappa shape index (κ2) is 6.22. The van der Waals surface area contributed by atoms with E-state index >= 15 is 0 Å². The first-order valence-electron chi connectivity index (χ1n) is 5.60. The highest BCUT2D eigenvalue weighted by Gasteiger charge is 2.21. The van der Waals surface area contributed by atoms with Crippen LogP contribution in [-0.2, 0) is 0 Å². The minimum absolute atomic E-state index is 0.176. The molecule has 1 heterocycles. The third-order valence-electron chi connectivity index (χ3n) is 2.50. The molecule has 2 nitrogen and oxygen atoms in total. The summed E-state index contributed by atoms with van der Waals surface area (Å²) < 4.78 is 20.8. The number of nitrogens with two attached hydrogens (primary N) is 1. The Morgan fingerprint density at radius 1 is 1.37 bits per heavy atom. The summed E-state index contributed by atoms with van der Waals surface area (Å²) >= 11 is 10.5. The summed E-state index contributed by atoms with van der Waals surface area (Å²) in [4.78, 5) is 0.877. The Labute approximate surface area is 128 Å². The monoisotopic (exact) mass is 363 g/mol. The summed E-state index contributed by atoms with van der Waals surface area (Å²) in [5, 5.41) is 0. The van der Waals surface area contributed by atoms with E-state index in [1.54, 1.807) is 18.2 Å². The third-order valence-corrected chi connectivity index (χ3v) is 4.29. The molecule has 0 aliphatic carbocycles. The fraction of sp³-hybridized carbons (Fsp3) is 0.231. The Bertz CT molecular complexity index is 576. The Balaban J connectivity index is 2.26. The van der Waals surface area contributed by atoms with E-state index in [0.29, 0.717) is 8.81 Å². The number of halogens is 3. The number of thiophene rings is 1. The minimum atomic E-state index is -0.428. The highest BCUT2D eigenvalue weighted by molar-refractivity contribution is 9.10. The third kappa shape index (κ3) is 3.69. The first-order chi connectivity index (χ1) is 8.97. The Hall–Kier alpha value is -0.620. The highest BCUT2D eigenvalue weighted by atomic mass is 79.9. The molecule has 102 valence electrons. The average Bonchev–Trinajstić information content (AvgIpc) is 2.74. The van der Waals surface area contributed by atoms with Crippen molar-refractivity contribution in [1.82, 2.24) is 0 Å². The van der Waals surface area contributed by atoms with E-state index in [0.717, 1.165) is 4.88 Å². The fourth-order valence-electron chi connectivity index (χ4n) is 1.61. The van der Waals surface area contributed by atoms with Crippen molar-refractivity contribution in [1.29, 1.82) is 0 Å². The normalized spacial score (nSPS) is 14.2. The molecule has 0 saturated carbocycles. The van der Waals surface area contributed by atoms with Crippen LogP contribution in [-0.4, -0.2) is 6.04 Å². The molecule has 0 amide bonds. The van der Waals surface area contributed by atoms with E-state index < -0.39 is 11.9 Å². The summed E-state index contributed by atoms with van der Waals surface area (Å²) in [7, 11) is 0. The van der Waals surface area contributed by atoms with Gasteiger partial charge in [-0.25, -0.2) is 4.39 Å². The second-order valence-electron chi connectivity index (χ2n) is 4.11. The largest absolute Gasteiger partial charge is 0.480 e. The summed E-state index contributed by atoms with van der Waals surface area (Å²) in [6.07, 6.45) is -0.423. The van der Waals surface area contributed by atoms with Gasteiger partial charge in [-0.1, -0.05) is 27.5 Å². The van der Waals surface area contributed by atoms with Gasteiger partial charge in [0, 0.05) is 15.4 Å². The lowest BCUT2D eigenvalue weighted by Gasteiger charge is -2.21. The van der Waals surface area contributed by atoms with E-state index in [2.05, 4.69) is 15.9 Å². The SMILES string of the molecule is CC(N)C(Oc1ccc(Br)cc1F)c1ccc(Cl)s1. The zero-order chi connectivity index (χ0) is 14.0. The van der Waals surface area contributed by atoms with Crippen molar-refractivity contribution in [2.45, 2.75) is 19.1 Å². The van der Waals surface area contributed by atoms with Crippen molar-refractivity contribution >= 4 is 38.9 Å². The molecule has 0 bridgehead atoms. The Morgan fingerprint density at radius 2 is 2.11 bits per heavy atom. The van der Waals surface area contributed by atoms with Crippen LogP contribution in [0.4, 0.5) is 4.39 Å². The maximum absolute atomic E-state index is 13.8. The van der Waals surface area contributed by atoms with Crippen molar-refractivity contribution in [3.63, 3.8) is 0 Å². The van der Waals surface area contributed by atoms with Gasteiger partial charge in [0.25, 0.3) is 0 Å². The summed E-state index contributed by atoms with van der Waals surface area (Å²) in [5.41, 5.74) is 5.91. The van der Waals surface area contributed by atoms with Crippen molar-refractivity contribution in [3.8, 4) is 5.75 Å². The van der Waals surface area contributed by atoms with Gasteiger partial charge in [0.05, 0.1) is 4.34 Å². The zero-order valence-corrected chi connectivity index (χ0v) is 13.2. The Kier molecular flexibility index (Phi) is 4.84. The lowest BCUT2D eigenvalue weighted by atomic mass is 10.1. The van der Waals surface area contributed by atoms with Crippen LogP contribution in [0, 0.1) is 5.82 Å². The zero-order valence-electron chi connectivity index (χ0n) is 10.1. The van der Waals surface area contributed by atoms with Gasteiger partial charge in [-0.3, -0.25) is 0 Å². The van der Waals surface area contributed by atoms with Gasteiger partial charge in [0.2, 0.25) is 0 Å². The molecule has 0 spiro atoms. The molecule has 0 aliphatic heterocycles. The summed E-state index contributed by atoms with van der Waals surface area (Å²) in [6, 6.07) is 7.99. The number of hydrogen-bond donors (Lipinski definition) is 1. The molecule has 1 aromatic carbocycles. The van der Waals surface area contributed by atoms with Crippen LogP contribution >= 0.6 is 38.9 Å². The standard InChI is InChI=1S/C13H12BrClFNOS/c1-7(17)13(11-4-5-12(15)19-11)18-10-3-2-8(14)6-9(10)16/h2-7,13H,17H2,1H3. The topological polar surface area (TPSA) is 35.2 Å². The second-order valence-corrected chi connectivity index (χ2v) is 6.78. The summed E-state index contributed by atoms with van der Waals surface area (Å²) in [5.74, 6) is -0.252. The molecule has 2 atom stereocenters. The van der Waals surface area contributed by atoms with Gasteiger partial charge in [0.1, 0.15) is 6.10 Å². The molecule has 1 aromatic heterocycles. The Morgan fingerprint density at radius 3 is 2.63 bits per heavy atom. The van der Waals surface area contributed by atoms with Crippen LogP contribution in [0.1, 0.15) is 17.9 Å². The number of benzene rings is 1. The maximum Gasteiger partial charge on any atom is 0.166 e. The first kappa shape index (κ1) is 14.8. The van der Waals surface area contributed by atoms with Crippen LogP contribution in [0.25, 0.3) is 0 Å². The molecule has 19 heavy (non-hydrogen) atoms. The van der Waals surface area contributed by atoms with Crippen molar-refractivity contribution in [3.05, 3.63) is 49.8 Å². The number of hydrogen-bond acceptors (Lipinski definition) is 3. The maximum atomic E-state index is 13.8. The van der Waals surface area contributed by atoms with Crippen LogP contribution in [0.5, 0.6) is 5.75 Å². The van der Waals surface area contributed by atoms with E-state index in [4.69, 9.17) is 22.1 Å². The molecule has 2 rings (SSSR count). The molecule has 2 unspecified atom stereocenters. The molecule has 0 radical (unpaired) electrons. The van der Waals surface area contributed by atoms with E-state index in [9.17, 15) is 4.39 Å². The molecule has 6 heteroatoms. The van der Waals surface area contributed by atoms with E-state index in [-0.39, 0.29) is 11.8 Å². The predicted octanol–water partition coefficient (Wildman–Crippen LogP) is 4.77. The molecule has 0 aliphatic rings. The minimum Gasteiger partial charge on any atom is -0.480 e. The van der Waals surface area contributed by atoms with Crippen molar-refractivity contribution < 1.29 is 9.13 Å². The molecular formula is C13H12BrClFNOS. The molecule has 0 saturated heterocycles. The lowest BCUT2D eigenvalue weighted by molar-refractivity contribution is 0.176. The van der Waals surface area contributed by atoms with Crippen LogP contribution in [0.2, 0.25) is 4.34 Å². The van der Waals surface area contributed by atoms with E-state index in [1.807, 2.05) is 13.0 Å². The van der Waals surface area contributed by atoms with Gasteiger partial charge in [0.15, 0.2) is 11.6 Å². The number of ether oxygens (including phenoxy) is 1. The molecule has 2 aromatic rings. The van der Waals surface area contributed by atoms with Gasteiger partial charge < -0.3 is 10.5 Å². The van der Waals surface area contributed by atoms with Crippen molar-refractivity contribution in [2.75, 3.05) is 0 Å². The lowest BCUT2D eigenvalue weighted by Crippen LogP contribution is -2.28. The molecule has 0 fully saturated rings. The van der Waals surface area contributed by atoms with Gasteiger partial charge in [-0.15, -0.1) is 11.3 Å². The molecule has 2 N–H and O–H groups in total. The van der Waals surface area contributed by atoms with E-state index in [1.165, 1.54) is 17.4 Å². The van der Waals surface area contributed by atoms with Crippen molar-refractivity contribution in [2.24, 2.45) is 5.73 Å². The van der Waals surface area contributed by atoms with Crippen LogP contribution in [0.15, 0.2) is 34.8 Å². The van der Waals surface area contributed by atoms with Gasteiger partial charge >= 0.3 is 0 Å². The summed E-state index contributed by atoms with van der Waals surface area (Å²) in [6.45, 7) is 1.81. The molecular weight excluding hydrogens is 353 g/mol. The highest BCUT2D eigenvalue weighted by Crippen LogP contribution is 2.33. The predicted molar refractivity (Wildman–Crippen MR) is 80.4 cm³/mol. The van der Waals surface area contributed by atoms with Gasteiger partial charge in [-0.2, -0.15) is 0 Å². The number of rotatable bonds is 4. The van der Waals surface area contributed by atoms with Gasteiger partial charge in [-0.05, 0) is 37.3 Å². The quantitative estimate of drug-likeness (QED) is 0.848. The smallest absolute Gasteiger partial charge is 0.166 e. The van der Waals surface area contributed by atoms with Crippen LogP contribution in [0.3, 0.4) is 0 Å². The first-order valence-corrected chi connectivity index (χ1v) is 7.58. The average molecular weight is 365 g/mol. The van der Waals surface area contributed by atoms with Crippen LogP contribution < -0.4 is 10.5 Å². The fourth-order valence-corrected chi connectivity index (χ4v) is 3.15.